The fourth-order valence-corrected chi connectivity index (χ4v) is 3.16. The Labute approximate surface area is 183 Å². The van der Waals surface area contributed by atoms with Crippen molar-refractivity contribution in [2.75, 3.05) is 21.3 Å². The van der Waals surface area contributed by atoms with Crippen LogP contribution < -0.4 is 10.6 Å². The van der Waals surface area contributed by atoms with Gasteiger partial charge in [0.1, 0.15) is 12.4 Å². The molecule has 0 saturated heterocycles. The number of nitrogens with one attached hydrogen (secondary N) is 2. The molecule has 2 heterocycles. The molecule has 3 rings (SSSR count). The van der Waals surface area contributed by atoms with Gasteiger partial charge in [0.05, 0.1) is 13.2 Å². The van der Waals surface area contributed by atoms with E-state index in [2.05, 4.69) is 50.0 Å². The molecule has 1 aliphatic rings. The van der Waals surface area contributed by atoms with E-state index >= 15 is 0 Å². The lowest BCUT2D eigenvalue weighted by Crippen LogP contribution is -2.46. The van der Waals surface area contributed by atoms with Gasteiger partial charge >= 0.3 is 0 Å². The molecule has 9 heteroatoms. The summed E-state index contributed by atoms with van der Waals surface area (Å²) in [6, 6.07) is 8.65. The number of aromatic nitrogens is 3. The number of hydrogen-bond acceptors (Lipinski definition) is 5. The Kier molecular flexibility index (Phi) is 9.13. The Morgan fingerprint density at radius 3 is 2.57 bits per heavy atom. The molecule has 0 fully saturated rings. The van der Waals surface area contributed by atoms with Gasteiger partial charge in [-0.1, -0.05) is 24.3 Å². The Bertz CT molecular complexity index is 762. The number of aliphatic imine (C=N–C) groups is 1. The molecule has 2 aromatic rings. The molecule has 1 aromatic carbocycles. The lowest BCUT2D eigenvalue weighted by molar-refractivity contribution is 0.177. The molecule has 2 N–H and O–H groups in total. The summed E-state index contributed by atoms with van der Waals surface area (Å²) >= 11 is 0. The predicted octanol–water partition coefficient (Wildman–Crippen LogP) is 1.87. The normalized spacial score (nSPS) is 16.2. The van der Waals surface area contributed by atoms with Crippen molar-refractivity contribution in [1.82, 2.24) is 25.4 Å². The number of hydrogen-bond donors (Lipinski definition) is 2. The van der Waals surface area contributed by atoms with E-state index in [-0.39, 0.29) is 30.0 Å². The van der Waals surface area contributed by atoms with E-state index in [1.54, 1.807) is 21.3 Å². The zero-order chi connectivity index (χ0) is 19.1. The van der Waals surface area contributed by atoms with E-state index in [9.17, 15) is 0 Å². The summed E-state index contributed by atoms with van der Waals surface area (Å²) in [5.74, 6) is 2.56. The van der Waals surface area contributed by atoms with E-state index in [1.165, 1.54) is 11.1 Å². The second-order valence-electron chi connectivity index (χ2n) is 6.61. The molecule has 1 aliphatic heterocycles. The maximum absolute atomic E-state index is 5.14. The van der Waals surface area contributed by atoms with Crippen LogP contribution in [-0.4, -0.2) is 48.0 Å². The van der Waals surface area contributed by atoms with E-state index in [1.807, 2.05) is 4.68 Å². The maximum atomic E-state index is 5.14. The fraction of sp³-hybridized carbons (Fsp3) is 0.526. The summed E-state index contributed by atoms with van der Waals surface area (Å²) in [5.41, 5.74) is 2.37. The van der Waals surface area contributed by atoms with Crippen LogP contribution in [0.5, 0.6) is 0 Å². The van der Waals surface area contributed by atoms with Crippen LogP contribution in [0, 0.1) is 0 Å². The summed E-state index contributed by atoms with van der Waals surface area (Å²) in [7, 11) is 5.15. The van der Waals surface area contributed by atoms with Crippen LogP contribution in [0.1, 0.15) is 29.2 Å². The van der Waals surface area contributed by atoms with Gasteiger partial charge in [0, 0.05) is 40.3 Å². The van der Waals surface area contributed by atoms with Crippen molar-refractivity contribution in [2.24, 2.45) is 4.99 Å². The monoisotopic (exact) mass is 500 g/mol. The number of benzene rings is 1. The van der Waals surface area contributed by atoms with E-state index in [0.29, 0.717) is 19.8 Å². The van der Waals surface area contributed by atoms with Gasteiger partial charge in [-0.3, -0.25) is 4.99 Å². The molecule has 0 spiro atoms. The molecule has 0 saturated carbocycles. The lowest BCUT2D eigenvalue weighted by atomic mass is 10.1. The minimum atomic E-state index is 0. The van der Waals surface area contributed by atoms with Gasteiger partial charge in [-0.15, -0.1) is 24.0 Å². The van der Waals surface area contributed by atoms with E-state index < -0.39 is 0 Å². The van der Waals surface area contributed by atoms with Crippen LogP contribution in [0.15, 0.2) is 29.3 Å². The van der Waals surface area contributed by atoms with E-state index in [0.717, 1.165) is 37.0 Å². The van der Waals surface area contributed by atoms with Crippen molar-refractivity contribution in [3.8, 4) is 0 Å². The van der Waals surface area contributed by atoms with Crippen LogP contribution in [0.2, 0.25) is 0 Å². The SMILES string of the molecule is CN=C(NCc1ccc(COC)cc1)NC1CCc2nc(COC)nn2C1.I. The van der Waals surface area contributed by atoms with Crippen LogP contribution in [-0.2, 0) is 42.2 Å². The second kappa shape index (κ2) is 11.3. The first-order valence-corrected chi connectivity index (χ1v) is 9.17. The molecule has 1 atom stereocenters. The van der Waals surface area contributed by atoms with E-state index in [4.69, 9.17) is 9.47 Å². The third kappa shape index (κ3) is 6.14. The Hall–Kier alpha value is -1.72. The van der Waals surface area contributed by atoms with Crippen molar-refractivity contribution in [2.45, 2.75) is 45.2 Å². The number of guanidine groups is 1. The number of methoxy groups -OCH3 is 2. The summed E-state index contributed by atoms with van der Waals surface area (Å²) in [6.07, 6.45) is 1.89. The number of rotatable bonds is 7. The molecule has 0 amide bonds. The third-order valence-corrected chi connectivity index (χ3v) is 4.53. The predicted molar refractivity (Wildman–Crippen MR) is 119 cm³/mol. The minimum Gasteiger partial charge on any atom is -0.380 e. The van der Waals surface area contributed by atoms with Gasteiger partial charge in [0.2, 0.25) is 0 Å². The Morgan fingerprint density at radius 1 is 1.18 bits per heavy atom. The maximum Gasteiger partial charge on any atom is 0.191 e. The number of nitrogens with zero attached hydrogens (tertiary/aromatic N) is 4. The highest BCUT2D eigenvalue weighted by molar-refractivity contribution is 14.0. The van der Waals surface area contributed by atoms with Gasteiger partial charge in [-0.2, -0.15) is 5.10 Å². The third-order valence-electron chi connectivity index (χ3n) is 4.53. The Balaban J connectivity index is 0.00000280. The van der Waals surface area contributed by atoms with Gasteiger partial charge in [-0.05, 0) is 17.5 Å². The largest absolute Gasteiger partial charge is 0.380 e. The van der Waals surface area contributed by atoms with Gasteiger partial charge < -0.3 is 20.1 Å². The van der Waals surface area contributed by atoms with Crippen molar-refractivity contribution in [1.29, 1.82) is 0 Å². The summed E-state index contributed by atoms with van der Waals surface area (Å²) in [6.45, 7) is 2.57. The first kappa shape index (κ1) is 22.6. The molecule has 8 nitrogen and oxygen atoms in total. The minimum absolute atomic E-state index is 0. The topological polar surface area (TPSA) is 85.6 Å². The highest BCUT2D eigenvalue weighted by Gasteiger charge is 2.22. The molecule has 0 aliphatic carbocycles. The molecule has 1 unspecified atom stereocenters. The van der Waals surface area contributed by atoms with Crippen LogP contribution >= 0.6 is 24.0 Å². The van der Waals surface area contributed by atoms with Crippen LogP contribution in [0.3, 0.4) is 0 Å². The number of fused-ring (bicyclic) bond motifs is 1. The lowest BCUT2D eigenvalue weighted by Gasteiger charge is -2.25. The summed E-state index contributed by atoms with van der Waals surface area (Å²) in [5, 5.41) is 11.4. The molecule has 0 bridgehead atoms. The quantitative estimate of drug-likeness (QED) is 0.343. The first-order valence-electron chi connectivity index (χ1n) is 9.17. The van der Waals surface area contributed by atoms with Crippen molar-refractivity contribution < 1.29 is 9.47 Å². The summed E-state index contributed by atoms with van der Waals surface area (Å²) in [4.78, 5) is 8.86. The van der Waals surface area contributed by atoms with Gasteiger partial charge in [0.15, 0.2) is 11.8 Å². The fourth-order valence-electron chi connectivity index (χ4n) is 3.16. The highest BCUT2D eigenvalue weighted by Crippen LogP contribution is 2.13. The zero-order valence-electron chi connectivity index (χ0n) is 16.6. The smallest absolute Gasteiger partial charge is 0.191 e. The Morgan fingerprint density at radius 2 is 1.89 bits per heavy atom. The first-order chi connectivity index (χ1) is 13.2. The van der Waals surface area contributed by atoms with Crippen LogP contribution in [0.25, 0.3) is 0 Å². The standard InChI is InChI=1S/C19H28N6O2.HI/c1-20-19(21-10-14-4-6-15(7-5-14)12-26-2)22-16-8-9-18-23-17(13-27-3)24-25(18)11-16;/h4-7,16H,8-13H2,1-3H3,(H2,20,21,22);1H. The zero-order valence-corrected chi connectivity index (χ0v) is 19.0. The van der Waals surface area contributed by atoms with Crippen molar-refractivity contribution in [3.05, 3.63) is 47.0 Å². The summed E-state index contributed by atoms with van der Waals surface area (Å²) < 4.78 is 12.2. The second-order valence-corrected chi connectivity index (χ2v) is 6.61. The molecular formula is C19H29IN6O2. The molecule has 0 radical (unpaired) electrons. The number of halogens is 1. The van der Waals surface area contributed by atoms with Crippen LogP contribution in [0.4, 0.5) is 0 Å². The molecule has 1 aromatic heterocycles. The average Bonchev–Trinajstić information content (AvgIpc) is 3.08. The molecular weight excluding hydrogens is 471 g/mol. The highest BCUT2D eigenvalue weighted by atomic mass is 127. The van der Waals surface area contributed by atoms with Gasteiger partial charge in [-0.25, -0.2) is 9.67 Å². The molecule has 28 heavy (non-hydrogen) atoms. The van der Waals surface area contributed by atoms with Crippen molar-refractivity contribution >= 4 is 29.9 Å². The number of ether oxygens (including phenoxy) is 2. The molecule has 154 valence electrons. The average molecular weight is 500 g/mol. The van der Waals surface area contributed by atoms with Gasteiger partial charge in [0.25, 0.3) is 0 Å². The number of aryl methyl sites for hydroxylation is 1. The van der Waals surface area contributed by atoms with Crippen molar-refractivity contribution in [3.63, 3.8) is 0 Å².